The van der Waals surface area contributed by atoms with E-state index in [-0.39, 0.29) is 0 Å². The van der Waals surface area contributed by atoms with E-state index >= 15 is 0 Å². The predicted octanol–water partition coefficient (Wildman–Crippen LogP) is 2.82. The van der Waals surface area contributed by atoms with E-state index in [0.717, 1.165) is 26.2 Å². The van der Waals surface area contributed by atoms with E-state index in [4.69, 9.17) is 5.10 Å². The number of hydrogen-bond donors (Lipinski definition) is 1. The van der Waals surface area contributed by atoms with Crippen LogP contribution in [-0.4, -0.2) is 40.4 Å². The predicted molar refractivity (Wildman–Crippen MR) is 83.8 cm³/mol. The summed E-state index contributed by atoms with van der Waals surface area (Å²) in [6.07, 6.45) is 7.47. The average molecular weight is 278 g/mol. The molecule has 2 rings (SSSR count). The fourth-order valence-corrected chi connectivity index (χ4v) is 3.06. The molecule has 1 atom stereocenters. The van der Waals surface area contributed by atoms with Gasteiger partial charge in [-0.05, 0) is 38.9 Å². The van der Waals surface area contributed by atoms with E-state index in [1.807, 2.05) is 0 Å². The van der Waals surface area contributed by atoms with Crippen LogP contribution in [0.2, 0.25) is 0 Å². The van der Waals surface area contributed by atoms with Crippen molar-refractivity contribution in [3.63, 3.8) is 0 Å². The zero-order chi connectivity index (χ0) is 14.4. The van der Waals surface area contributed by atoms with Gasteiger partial charge < -0.3 is 10.2 Å². The molecule has 0 amide bonds. The van der Waals surface area contributed by atoms with Gasteiger partial charge in [-0.15, -0.1) is 0 Å². The van der Waals surface area contributed by atoms with Crippen molar-refractivity contribution in [3.8, 4) is 0 Å². The third-order valence-corrected chi connectivity index (χ3v) is 4.42. The minimum Gasteiger partial charge on any atom is -0.307 e. The molecule has 0 bridgehead atoms. The van der Waals surface area contributed by atoms with Gasteiger partial charge in [0.1, 0.15) is 0 Å². The minimum atomic E-state index is 0.506. The molecule has 0 aliphatic heterocycles. The van der Waals surface area contributed by atoms with Crippen LogP contribution >= 0.6 is 0 Å². The highest BCUT2D eigenvalue weighted by Crippen LogP contribution is 2.28. The Morgan fingerprint density at radius 3 is 2.70 bits per heavy atom. The summed E-state index contributed by atoms with van der Waals surface area (Å²) in [6.45, 7) is 10.9. The maximum Gasteiger partial charge on any atom is 0.0762 e. The van der Waals surface area contributed by atoms with Gasteiger partial charge in [0, 0.05) is 25.3 Å². The zero-order valence-corrected chi connectivity index (χ0v) is 13.3. The Hall–Kier alpha value is -0.870. The fourth-order valence-electron chi connectivity index (χ4n) is 3.06. The molecule has 1 heterocycles. The van der Waals surface area contributed by atoms with E-state index in [0.29, 0.717) is 12.1 Å². The molecule has 0 aromatic carbocycles. The first kappa shape index (κ1) is 15.5. The number of likely N-dealkylation sites (N-methyl/N-ethyl adjacent to an activating group) is 1. The molecule has 20 heavy (non-hydrogen) atoms. The van der Waals surface area contributed by atoms with Crippen LogP contribution in [0.15, 0.2) is 12.3 Å². The lowest BCUT2D eigenvalue weighted by atomic mass is 10.3. The fraction of sp³-hybridized carbons (Fsp3) is 0.812. The van der Waals surface area contributed by atoms with E-state index in [9.17, 15) is 0 Å². The Labute approximate surface area is 123 Å². The summed E-state index contributed by atoms with van der Waals surface area (Å²) < 4.78 is 2.18. The molecule has 0 radical (unpaired) electrons. The van der Waals surface area contributed by atoms with Crippen molar-refractivity contribution in [1.82, 2.24) is 20.0 Å². The first-order chi connectivity index (χ1) is 9.72. The average Bonchev–Trinajstić information content (AvgIpc) is 3.12. The quantitative estimate of drug-likeness (QED) is 0.794. The van der Waals surface area contributed by atoms with Gasteiger partial charge in [-0.2, -0.15) is 5.10 Å². The molecular weight excluding hydrogens is 248 g/mol. The number of nitrogens with zero attached hydrogens (tertiary/aromatic N) is 3. The molecule has 1 aromatic rings. The highest BCUT2D eigenvalue weighted by molar-refractivity contribution is 5.00. The van der Waals surface area contributed by atoms with Gasteiger partial charge >= 0.3 is 0 Å². The zero-order valence-electron chi connectivity index (χ0n) is 13.3. The topological polar surface area (TPSA) is 33.1 Å². The molecule has 4 nitrogen and oxygen atoms in total. The van der Waals surface area contributed by atoms with E-state index in [2.05, 4.69) is 47.9 Å². The van der Waals surface area contributed by atoms with E-state index < -0.39 is 0 Å². The third-order valence-electron chi connectivity index (χ3n) is 4.42. The first-order valence-corrected chi connectivity index (χ1v) is 8.22. The van der Waals surface area contributed by atoms with Crippen molar-refractivity contribution in [3.05, 3.63) is 18.0 Å². The van der Waals surface area contributed by atoms with Crippen LogP contribution in [-0.2, 0) is 6.54 Å². The summed E-state index contributed by atoms with van der Waals surface area (Å²) in [6, 6.07) is 3.32. The maximum atomic E-state index is 4.72. The van der Waals surface area contributed by atoms with Crippen LogP contribution in [0.5, 0.6) is 0 Å². The van der Waals surface area contributed by atoms with Crippen molar-refractivity contribution < 1.29 is 0 Å². The summed E-state index contributed by atoms with van der Waals surface area (Å²) in [7, 11) is 0. The molecule has 1 aliphatic rings. The Bertz CT molecular complexity index is 378. The molecule has 1 fully saturated rings. The van der Waals surface area contributed by atoms with Crippen molar-refractivity contribution in [2.45, 2.75) is 65.1 Å². The van der Waals surface area contributed by atoms with Crippen LogP contribution in [0.25, 0.3) is 0 Å². The van der Waals surface area contributed by atoms with Crippen molar-refractivity contribution >= 4 is 0 Å². The van der Waals surface area contributed by atoms with E-state index in [1.165, 1.54) is 31.4 Å². The van der Waals surface area contributed by atoms with Gasteiger partial charge in [0.15, 0.2) is 0 Å². The van der Waals surface area contributed by atoms with Gasteiger partial charge in [-0.3, -0.25) is 4.68 Å². The lowest BCUT2D eigenvalue weighted by Gasteiger charge is -2.23. The second-order valence-corrected chi connectivity index (χ2v) is 5.99. The largest absolute Gasteiger partial charge is 0.307 e. The summed E-state index contributed by atoms with van der Waals surface area (Å²) >= 11 is 0. The minimum absolute atomic E-state index is 0.506. The summed E-state index contributed by atoms with van der Waals surface area (Å²) in [4.78, 5) is 2.45. The second kappa shape index (κ2) is 7.79. The first-order valence-electron chi connectivity index (χ1n) is 8.22. The van der Waals surface area contributed by atoms with Crippen LogP contribution in [0.1, 0.15) is 58.2 Å². The number of rotatable bonds is 8. The molecule has 1 unspecified atom stereocenters. The summed E-state index contributed by atoms with van der Waals surface area (Å²) in [5, 5.41) is 8.31. The molecule has 114 valence electrons. The maximum absolute atomic E-state index is 4.72. The Kier molecular flexibility index (Phi) is 6.05. The van der Waals surface area contributed by atoms with Gasteiger partial charge in [-0.1, -0.05) is 26.7 Å². The number of aromatic nitrogens is 2. The highest BCUT2D eigenvalue weighted by Gasteiger charge is 2.17. The summed E-state index contributed by atoms with van der Waals surface area (Å²) in [5.74, 6) is 0. The molecule has 0 spiro atoms. The Morgan fingerprint density at radius 2 is 2.05 bits per heavy atom. The normalized spacial score (nSPS) is 18.0. The third kappa shape index (κ3) is 4.32. The van der Waals surface area contributed by atoms with Crippen molar-refractivity contribution in [1.29, 1.82) is 0 Å². The van der Waals surface area contributed by atoms with E-state index in [1.54, 1.807) is 0 Å². The number of nitrogens with one attached hydrogen (secondary N) is 1. The van der Waals surface area contributed by atoms with Crippen LogP contribution in [0.3, 0.4) is 0 Å². The SMILES string of the molecule is CCN(CC)CC(C)NCc1ccn(C2CCCC2)n1. The van der Waals surface area contributed by atoms with Crippen molar-refractivity contribution in [2.24, 2.45) is 0 Å². The van der Waals surface area contributed by atoms with Gasteiger partial charge in [-0.25, -0.2) is 0 Å². The molecule has 1 saturated carbocycles. The lowest BCUT2D eigenvalue weighted by Crippen LogP contribution is -2.38. The molecular formula is C16H30N4. The lowest BCUT2D eigenvalue weighted by molar-refractivity contribution is 0.270. The van der Waals surface area contributed by atoms with Crippen LogP contribution in [0.4, 0.5) is 0 Å². The highest BCUT2D eigenvalue weighted by atomic mass is 15.3. The molecule has 4 heteroatoms. The molecule has 1 N–H and O–H groups in total. The summed E-state index contributed by atoms with van der Waals surface area (Å²) in [5.41, 5.74) is 1.17. The second-order valence-electron chi connectivity index (χ2n) is 5.99. The molecule has 1 aliphatic carbocycles. The Morgan fingerprint density at radius 1 is 1.35 bits per heavy atom. The molecule has 1 aromatic heterocycles. The smallest absolute Gasteiger partial charge is 0.0762 e. The number of hydrogen-bond acceptors (Lipinski definition) is 3. The van der Waals surface area contributed by atoms with Gasteiger partial charge in [0.2, 0.25) is 0 Å². The van der Waals surface area contributed by atoms with Crippen LogP contribution in [0, 0.1) is 0 Å². The standard InChI is InChI=1S/C16H30N4/c1-4-19(5-2)13-14(3)17-12-15-10-11-20(18-15)16-8-6-7-9-16/h10-11,14,16-17H,4-9,12-13H2,1-3H3. The van der Waals surface area contributed by atoms with Crippen molar-refractivity contribution in [2.75, 3.05) is 19.6 Å². The van der Waals surface area contributed by atoms with Gasteiger partial charge in [0.25, 0.3) is 0 Å². The Balaban J connectivity index is 1.76. The molecule has 0 saturated heterocycles. The van der Waals surface area contributed by atoms with Crippen LogP contribution < -0.4 is 5.32 Å². The van der Waals surface area contributed by atoms with Gasteiger partial charge in [0.05, 0.1) is 11.7 Å². The monoisotopic (exact) mass is 278 g/mol.